The van der Waals surface area contributed by atoms with Crippen molar-refractivity contribution >= 4 is 26.0 Å². The molecule has 20 heavy (non-hydrogen) atoms. The minimum Gasteiger partial charge on any atom is -0.492 e. The van der Waals surface area contributed by atoms with Gasteiger partial charge in [-0.05, 0) is 44.0 Å². The predicted octanol–water partition coefficient (Wildman–Crippen LogP) is 1.82. The summed E-state index contributed by atoms with van der Waals surface area (Å²) in [5.74, 6) is 0.638. The second-order valence-electron chi connectivity index (χ2n) is 4.78. The molecule has 1 aromatic carbocycles. The number of halogens is 1. The molecule has 0 aromatic heterocycles. The second-order valence-corrected chi connectivity index (χ2v) is 7.60. The zero-order valence-electron chi connectivity index (χ0n) is 11.4. The van der Waals surface area contributed by atoms with Crippen LogP contribution in [0.1, 0.15) is 13.3 Å². The summed E-state index contributed by atoms with van der Waals surface area (Å²) >= 11 is 3.32. The molecule has 1 fully saturated rings. The first-order chi connectivity index (χ1) is 9.48. The van der Waals surface area contributed by atoms with Crippen molar-refractivity contribution in [2.24, 2.45) is 11.7 Å². The molecule has 2 rings (SSSR count). The van der Waals surface area contributed by atoms with E-state index in [-0.39, 0.29) is 10.8 Å². The van der Waals surface area contributed by atoms with E-state index in [2.05, 4.69) is 15.9 Å². The van der Waals surface area contributed by atoms with Crippen LogP contribution in [0.5, 0.6) is 5.75 Å². The molecular weight excluding hydrogens is 344 g/mol. The van der Waals surface area contributed by atoms with Gasteiger partial charge in [0.2, 0.25) is 10.0 Å². The summed E-state index contributed by atoms with van der Waals surface area (Å²) in [5.41, 5.74) is 5.63. The molecule has 2 N–H and O–H groups in total. The summed E-state index contributed by atoms with van der Waals surface area (Å²) in [6, 6.07) is 5.05. The van der Waals surface area contributed by atoms with Gasteiger partial charge in [-0.15, -0.1) is 0 Å². The lowest BCUT2D eigenvalue weighted by Gasteiger charge is -2.19. The number of nitrogens with two attached hydrogens (primary N) is 1. The summed E-state index contributed by atoms with van der Waals surface area (Å²) in [6.07, 6.45) is 0.813. The molecular formula is C13H19BrN2O3S. The van der Waals surface area contributed by atoms with E-state index < -0.39 is 10.0 Å². The molecule has 1 aromatic rings. The number of hydrogen-bond donors (Lipinski definition) is 1. The average Bonchev–Trinajstić information content (AvgIpc) is 2.90. The highest BCUT2D eigenvalue weighted by Crippen LogP contribution is 2.32. The largest absolute Gasteiger partial charge is 0.492 e. The molecule has 1 atom stereocenters. The Kier molecular flexibility index (Phi) is 5.06. The number of rotatable bonds is 5. The Bertz CT molecular complexity index is 577. The topological polar surface area (TPSA) is 72.6 Å². The summed E-state index contributed by atoms with van der Waals surface area (Å²) in [5, 5.41) is 0. The van der Waals surface area contributed by atoms with Gasteiger partial charge in [0.15, 0.2) is 0 Å². The third-order valence-electron chi connectivity index (χ3n) is 3.41. The lowest BCUT2D eigenvalue weighted by atomic mass is 10.1. The predicted molar refractivity (Wildman–Crippen MR) is 81.2 cm³/mol. The monoisotopic (exact) mass is 362 g/mol. The van der Waals surface area contributed by atoms with Crippen LogP contribution in [-0.2, 0) is 10.0 Å². The van der Waals surface area contributed by atoms with Crippen molar-refractivity contribution in [1.82, 2.24) is 4.31 Å². The highest BCUT2D eigenvalue weighted by molar-refractivity contribution is 9.10. The smallest absolute Gasteiger partial charge is 0.246 e. The second kappa shape index (κ2) is 6.43. The van der Waals surface area contributed by atoms with Crippen LogP contribution in [0.2, 0.25) is 0 Å². The summed E-state index contributed by atoms with van der Waals surface area (Å²) in [4.78, 5) is 0.214. The Morgan fingerprint density at radius 2 is 2.25 bits per heavy atom. The first-order valence-electron chi connectivity index (χ1n) is 6.61. The van der Waals surface area contributed by atoms with Gasteiger partial charge in [-0.1, -0.05) is 15.9 Å². The molecule has 1 heterocycles. The van der Waals surface area contributed by atoms with Gasteiger partial charge >= 0.3 is 0 Å². The van der Waals surface area contributed by atoms with Crippen molar-refractivity contribution in [3.63, 3.8) is 0 Å². The molecule has 0 aliphatic carbocycles. The van der Waals surface area contributed by atoms with Crippen molar-refractivity contribution in [3.05, 3.63) is 22.7 Å². The van der Waals surface area contributed by atoms with Gasteiger partial charge < -0.3 is 10.5 Å². The maximum atomic E-state index is 12.7. The molecule has 5 nitrogen and oxygen atoms in total. The van der Waals surface area contributed by atoms with Crippen LogP contribution < -0.4 is 10.5 Å². The summed E-state index contributed by atoms with van der Waals surface area (Å²) < 4.78 is 33.1. The Morgan fingerprint density at radius 1 is 1.50 bits per heavy atom. The molecule has 0 radical (unpaired) electrons. The summed E-state index contributed by atoms with van der Waals surface area (Å²) in [6.45, 7) is 3.77. The van der Waals surface area contributed by atoms with Crippen LogP contribution in [0.25, 0.3) is 0 Å². The molecule has 1 aliphatic rings. The minimum absolute atomic E-state index is 0.214. The number of ether oxygens (including phenoxy) is 1. The fourth-order valence-electron chi connectivity index (χ4n) is 2.31. The zero-order valence-corrected chi connectivity index (χ0v) is 13.8. The van der Waals surface area contributed by atoms with E-state index in [9.17, 15) is 8.42 Å². The van der Waals surface area contributed by atoms with Crippen LogP contribution in [0, 0.1) is 5.92 Å². The number of nitrogens with zero attached hydrogens (tertiary/aromatic N) is 1. The fraction of sp³-hybridized carbons (Fsp3) is 0.538. The standard InChI is InChI=1S/C13H19BrN2O3S/c1-2-19-12-4-3-11(14)7-13(12)20(17,18)16-6-5-10(8-15)9-16/h3-4,7,10H,2,5-6,8-9,15H2,1H3. The highest BCUT2D eigenvalue weighted by atomic mass is 79.9. The van der Waals surface area contributed by atoms with Gasteiger partial charge in [0.05, 0.1) is 6.61 Å². The van der Waals surface area contributed by atoms with Crippen LogP contribution in [-0.4, -0.2) is 39.0 Å². The molecule has 0 amide bonds. The van der Waals surface area contributed by atoms with E-state index in [1.807, 2.05) is 6.92 Å². The van der Waals surface area contributed by atoms with Crippen molar-refractivity contribution in [2.75, 3.05) is 26.2 Å². The third kappa shape index (κ3) is 3.16. The number of hydrogen-bond acceptors (Lipinski definition) is 4. The highest BCUT2D eigenvalue weighted by Gasteiger charge is 2.33. The van der Waals surface area contributed by atoms with Crippen molar-refractivity contribution in [1.29, 1.82) is 0 Å². The van der Waals surface area contributed by atoms with Crippen molar-refractivity contribution in [2.45, 2.75) is 18.2 Å². The lowest BCUT2D eigenvalue weighted by molar-refractivity contribution is 0.329. The first kappa shape index (κ1) is 15.8. The minimum atomic E-state index is -3.53. The van der Waals surface area contributed by atoms with E-state index in [0.717, 1.165) is 6.42 Å². The van der Waals surface area contributed by atoms with Gasteiger partial charge in [-0.2, -0.15) is 4.31 Å². The Hall–Kier alpha value is -0.630. The van der Waals surface area contributed by atoms with Crippen molar-refractivity contribution in [3.8, 4) is 5.75 Å². The SMILES string of the molecule is CCOc1ccc(Br)cc1S(=O)(=O)N1CCC(CN)C1. The molecule has 7 heteroatoms. The van der Waals surface area contributed by atoms with E-state index in [0.29, 0.717) is 36.5 Å². The Labute approximate surface area is 128 Å². The lowest BCUT2D eigenvalue weighted by Crippen LogP contribution is -2.30. The fourth-order valence-corrected chi connectivity index (χ4v) is 4.51. The van der Waals surface area contributed by atoms with E-state index >= 15 is 0 Å². The molecule has 0 bridgehead atoms. The van der Waals surface area contributed by atoms with Crippen molar-refractivity contribution < 1.29 is 13.2 Å². The Morgan fingerprint density at radius 3 is 2.85 bits per heavy atom. The third-order valence-corrected chi connectivity index (χ3v) is 5.78. The van der Waals surface area contributed by atoms with Gasteiger partial charge in [-0.25, -0.2) is 8.42 Å². The summed E-state index contributed by atoms with van der Waals surface area (Å²) in [7, 11) is -3.53. The molecule has 1 aliphatic heterocycles. The van der Waals surface area contributed by atoms with Gasteiger partial charge in [0.1, 0.15) is 10.6 Å². The maximum Gasteiger partial charge on any atom is 0.246 e. The van der Waals surface area contributed by atoms with Crippen LogP contribution in [0.15, 0.2) is 27.6 Å². The van der Waals surface area contributed by atoms with Crippen LogP contribution in [0.3, 0.4) is 0 Å². The van der Waals surface area contributed by atoms with E-state index in [1.54, 1.807) is 18.2 Å². The molecule has 112 valence electrons. The Balaban J connectivity index is 2.36. The average molecular weight is 363 g/mol. The molecule has 0 spiro atoms. The van der Waals surface area contributed by atoms with Crippen LogP contribution in [0.4, 0.5) is 0 Å². The van der Waals surface area contributed by atoms with Gasteiger partial charge in [0, 0.05) is 17.6 Å². The molecule has 0 saturated carbocycles. The number of sulfonamides is 1. The van der Waals surface area contributed by atoms with Gasteiger partial charge in [0.25, 0.3) is 0 Å². The maximum absolute atomic E-state index is 12.7. The number of benzene rings is 1. The van der Waals surface area contributed by atoms with Crippen LogP contribution >= 0.6 is 15.9 Å². The van der Waals surface area contributed by atoms with E-state index in [4.69, 9.17) is 10.5 Å². The zero-order chi connectivity index (χ0) is 14.8. The quantitative estimate of drug-likeness (QED) is 0.866. The molecule has 1 unspecified atom stereocenters. The molecule has 1 saturated heterocycles. The first-order valence-corrected chi connectivity index (χ1v) is 8.85. The van der Waals surface area contributed by atoms with Gasteiger partial charge in [-0.3, -0.25) is 0 Å². The normalized spacial score (nSPS) is 20.2. The van der Waals surface area contributed by atoms with E-state index in [1.165, 1.54) is 4.31 Å².